The molecule has 0 heterocycles. The highest BCUT2D eigenvalue weighted by Gasteiger charge is 2.29. The van der Waals surface area contributed by atoms with E-state index >= 15 is 0 Å². The number of rotatable bonds is 16. The number of nitrogen functional groups attached to an aromatic ring is 4. The van der Waals surface area contributed by atoms with E-state index in [0.29, 0.717) is 33.5 Å². The van der Waals surface area contributed by atoms with Gasteiger partial charge < -0.3 is 41.9 Å². The SMILES string of the molecule is Cc1c(N)ccc(-c2ccc(N)cc2C(=O)/C=C/c2ccc(C(=O)Oc3ccc(OCC(F)(F)F)cc3)cc2)c1C(=O)/C=C/c1ccc(C(=O)Oc2ccc(OCC(F)(F)F)cc2)cc1.Nc1ccc(-c2ccc(N)cc2)cc1. The Labute approximate surface area is 449 Å². The van der Waals surface area contributed by atoms with Crippen LogP contribution in [0.15, 0.2) is 188 Å². The van der Waals surface area contributed by atoms with Crippen LogP contribution in [-0.4, -0.2) is 49.1 Å². The summed E-state index contributed by atoms with van der Waals surface area (Å²) in [6.07, 6.45) is -3.31. The van der Waals surface area contributed by atoms with Crippen molar-refractivity contribution in [2.24, 2.45) is 0 Å². The lowest BCUT2D eigenvalue weighted by Crippen LogP contribution is -2.19. The second-order valence-corrected chi connectivity index (χ2v) is 17.4. The maximum atomic E-state index is 13.9. The van der Waals surface area contributed by atoms with Crippen LogP contribution < -0.4 is 41.9 Å². The summed E-state index contributed by atoms with van der Waals surface area (Å²) < 4.78 is 94.5. The first-order chi connectivity index (χ1) is 37.6. The van der Waals surface area contributed by atoms with Gasteiger partial charge in [-0.2, -0.15) is 26.3 Å². The van der Waals surface area contributed by atoms with Gasteiger partial charge in [-0.05, 0) is 173 Å². The molecule has 0 radical (unpaired) electrons. The summed E-state index contributed by atoms with van der Waals surface area (Å²) in [5, 5.41) is 0. The van der Waals surface area contributed by atoms with Gasteiger partial charge in [0.1, 0.15) is 23.0 Å². The van der Waals surface area contributed by atoms with Crippen LogP contribution in [0.1, 0.15) is 58.1 Å². The van der Waals surface area contributed by atoms with E-state index in [1.807, 2.05) is 48.5 Å². The standard InChI is InChI=1S/C49H36F6N2O8.C12H12N2/c1-29-42(57)23-22-40(45(29)44(59)25-7-31-4-10-33(11-5-31)47(61)65-38-19-15-36(16-20-38)63-28-49(53,54)55)39-21-12-34(56)26-41(39)43(58)24-6-30-2-8-32(9-3-30)46(60)64-37-17-13-35(14-18-37)62-27-48(50,51)52;13-11-5-1-9(2-6-11)10-3-7-12(14)8-4-10/h2-26H,27-28,56-57H2,1H3;1-8H,13-14H2/b24-6+,25-7+;. The predicted octanol–water partition coefficient (Wildman–Crippen LogP) is 13.5. The van der Waals surface area contributed by atoms with Crippen molar-refractivity contribution in [3.63, 3.8) is 0 Å². The van der Waals surface area contributed by atoms with Crippen molar-refractivity contribution in [3.05, 3.63) is 227 Å². The number of allylic oxidation sites excluding steroid dienone is 2. The van der Waals surface area contributed by atoms with E-state index in [1.165, 1.54) is 103 Å². The smallest absolute Gasteiger partial charge is 0.422 e. The van der Waals surface area contributed by atoms with Crippen LogP contribution in [0.5, 0.6) is 23.0 Å². The first kappa shape index (κ1) is 56.6. The quantitative estimate of drug-likeness (QED) is 0.0178. The predicted molar refractivity (Wildman–Crippen MR) is 292 cm³/mol. The highest BCUT2D eigenvalue weighted by molar-refractivity contribution is 6.16. The summed E-state index contributed by atoms with van der Waals surface area (Å²) in [6, 6.07) is 45.9. The molecule has 12 nitrogen and oxygen atoms in total. The fraction of sp³-hybridized carbons (Fsp3) is 0.0820. The lowest BCUT2D eigenvalue weighted by atomic mass is 9.88. The van der Waals surface area contributed by atoms with Gasteiger partial charge in [-0.25, -0.2) is 9.59 Å². The Kier molecular flexibility index (Phi) is 18.0. The number of benzene rings is 8. The van der Waals surface area contributed by atoms with Gasteiger partial charge in [-0.1, -0.05) is 72.8 Å². The van der Waals surface area contributed by atoms with Gasteiger partial charge >= 0.3 is 24.3 Å². The Bertz CT molecular complexity index is 3470. The zero-order chi connectivity index (χ0) is 56.9. The molecule has 0 aliphatic heterocycles. The van der Waals surface area contributed by atoms with E-state index in [2.05, 4.69) is 9.47 Å². The fourth-order valence-electron chi connectivity index (χ4n) is 7.47. The lowest BCUT2D eigenvalue weighted by molar-refractivity contribution is -0.154. The maximum absolute atomic E-state index is 13.9. The minimum atomic E-state index is -4.50. The molecule has 0 unspecified atom stereocenters. The molecule has 79 heavy (non-hydrogen) atoms. The summed E-state index contributed by atoms with van der Waals surface area (Å²) in [4.78, 5) is 53.1. The first-order valence-electron chi connectivity index (χ1n) is 23.8. The van der Waals surface area contributed by atoms with Crippen LogP contribution >= 0.6 is 0 Å². The van der Waals surface area contributed by atoms with Gasteiger partial charge in [0.15, 0.2) is 24.8 Å². The number of alkyl halides is 6. The minimum Gasteiger partial charge on any atom is -0.484 e. The number of carbonyl (C=O) groups excluding carboxylic acids is 4. The van der Waals surface area contributed by atoms with Crippen LogP contribution in [0, 0.1) is 6.92 Å². The summed E-state index contributed by atoms with van der Waals surface area (Å²) >= 11 is 0. The Hall–Kier alpha value is -10.1. The highest BCUT2D eigenvalue weighted by Crippen LogP contribution is 2.35. The van der Waals surface area contributed by atoms with E-state index in [1.54, 1.807) is 55.5 Å². The summed E-state index contributed by atoms with van der Waals surface area (Å²) in [5.74, 6) is -2.28. The van der Waals surface area contributed by atoms with Gasteiger partial charge in [0.2, 0.25) is 0 Å². The number of ketones is 2. The average molecular weight is 1080 g/mol. The molecule has 8 aromatic carbocycles. The maximum Gasteiger partial charge on any atom is 0.422 e. The van der Waals surface area contributed by atoms with Crippen molar-refractivity contribution >= 4 is 58.4 Å². The molecule has 0 atom stereocenters. The third-order valence-corrected chi connectivity index (χ3v) is 11.5. The molecule has 8 aromatic rings. The van der Waals surface area contributed by atoms with Crippen molar-refractivity contribution in [2.45, 2.75) is 19.3 Å². The number of halogens is 6. The normalized spacial score (nSPS) is 11.4. The molecular weight excluding hydrogens is 1030 g/mol. The first-order valence-corrected chi connectivity index (χ1v) is 23.8. The number of carbonyl (C=O) groups is 4. The number of nitrogens with two attached hydrogens (primary N) is 4. The third-order valence-electron chi connectivity index (χ3n) is 11.5. The summed E-state index contributed by atoms with van der Waals surface area (Å²) in [7, 11) is 0. The third kappa shape index (κ3) is 16.4. The molecule has 0 saturated heterocycles. The Balaban J connectivity index is 0.000000556. The monoisotopic (exact) mass is 1080 g/mol. The Morgan fingerprint density at radius 1 is 0.443 bits per heavy atom. The molecule has 402 valence electrons. The average Bonchev–Trinajstić information content (AvgIpc) is 3.45. The van der Waals surface area contributed by atoms with Gasteiger partial charge in [0, 0.05) is 33.9 Å². The fourth-order valence-corrected chi connectivity index (χ4v) is 7.47. The van der Waals surface area contributed by atoms with Crippen molar-refractivity contribution in [2.75, 3.05) is 36.1 Å². The van der Waals surface area contributed by atoms with Crippen molar-refractivity contribution in [1.29, 1.82) is 0 Å². The zero-order valence-corrected chi connectivity index (χ0v) is 41.8. The molecule has 0 aliphatic rings. The molecule has 0 amide bonds. The van der Waals surface area contributed by atoms with E-state index in [0.717, 1.165) is 22.5 Å². The number of hydrogen-bond donors (Lipinski definition) is 4. The van der Waals surface area contributed by atoms with Crippen LogP contribution in [-0.2, 0) is 0 Å². The van der Waals surface area contributed by atoms with E-state index < -0.39 is 49.1 Å². The van der Waals surface area contributed by atoms with Gasteiger partial charge in [-0.15, -0.1) is 0 Å². The molecular formula is C61H48F6N4O8. The largest absolute Gasteiger partial charge is 0.484 e. The Morgan fingerprint density at radius 2 is 0.823 bits per heavy atom. The lowest BCUT2D eigenvalue weighted by Gasteiger charge is -2.16. The van der Waals surface area contributed by atoms with Gasteiger partial charge in [0.05, 0.1) is 11.1 Å². The molecule has 8 rings (SSSR count). The molecule has 0 aromatic heterocycles. The number of esters is 2. The highest BCUT2D eigenvalue weighted by atomic mass is 19.4. The van der Waals surface area contributed by atoms with E-state index in [9.17, 15) is 45.5 Å². The van der Waals surface area contributed by atoms with Crippen molar-refractivity contribution in [3.8, 4) is 45.3 Å². The van der Waals surface area contributed by atoms with Crippen LogP contribution in [0.2, 0.25) is 0 Å². The topological polar surface area (TPSA) is 209 Å². The second kappa shape index (κ2) is 25.2. The minimum absolute atomic E-state index is 0.0510. The van der Waals surface area contributed by atoms with Crippen molar-refractivity contribution < 1.29 is 64.5 Å². The van der Waals surface area contributed by atoms with E-state index in [4.69, 9.17) is 32.4 Å². The van der Waals surface area contributed by atoms with Crippen LogP contribution in [0.3, 0.4) is 0 Å². The zero-order valence-electron chi connectivity index (χ0n) is 41.8. The Morgan fingerprint density at radius 3 is 1.24 bits per heavy atom. The van der Waals surface area contributed by atoms with Gasteiger partial charge in [0.25, 0.3) is 0 Å². The molecule has 0 spiro atoms. The van der Waals surface area contributed by atoms with Crippen LogP contribution in [0.4, 0.5) is 49.1 Å². The number of anilines is 4. The van der Waals surface area contributed by atoms with E-state index in [-0.39, 0.29) is 50.9 Å². The second-order valence-electron chi connectivity index (χ2n) is 17.4. The molecule has 8 N–H and O–H groups in total. The molecule has 0 fully saturated rings. The van der Waals surface area contributed by atoms with Gasteiger partial charge in [-0.3, -0.25) is 9.59 Å². The number of hydrogen-bond acceptors (Lipinski definition) is 12. The number of ether oxygens (including phenoxy) is 4. The summed E-state index contributed by atoms with van der Waals surface area (Å²) in [5.41, 5.74) is 31.2. The van der Waals surface area contributed by atoms with Crippen LogP contribution in [0.25, 0.3) is 34.4 Å². The molecule has 18 heteroatoms. The molecule has 0 saturated carbocycles. The van der Waals surface area contributed by atoms with Crippen molar-refractivity contribution in [1.82, 2.24) is 0 Å². The molecule has 0 aliphatic carbocycles. The summed E-state index contributed by atoms with van der Waals surface area (Å²) in [6.45, 7) is -1.25. The molecule has 0 bridgehead atoms.